The van der Waals surface area contributed by atoms with Gasteiger partial charge in [0.2, 0.25) is 0 Å². The number of hydrogen-bond donors (Lipinski definition) is 1. The second-order valence-corrected chi connectivity index (χ2v) is 8.99. The van der Waals surface area contributed by atoms with Crippen LogP contribution < -0.4 is 5.73 Å². The van der Waals surface area contributed by atoms with Crippen molar-refractivity contribution in [2.24, 2.45) is 5.73 Å². The summed E-state index contributed by atoms with van der Waals surface area (Å²) in [5.41, 5.74) is 17.4. The molecule has 0 heterocycles. The van der Waals surface area contributed by atoms with E-state index in [1.54, 1.807) is 0 Å². The van der Waals surface area contributed by atoms with Gasteiger partial charge in [0, 0.05) is 11.3 Å². The third kappa shape index (κ3) is 3.40. The molecule has 0 aliphatic heterocycles. The second kappa shape index (κ2) is 8.75. The number of rotatable bonds is 5. The zero-order valence-electron chi connectivity index (χ0n) is 19.5. The van der Waals surface area contributed by atoms with Gasteiger partial charge in [-0.25, -0.2) is 0 Å². The second-order valence-electron chi connectivity index (χ2n) is 8.99. The van der Waals surface area contributed by atoms with Gasteiger partial charge in [0.05, 0.1) is 5.41 Å². The zero-order chi connectivity index (χ0) is 22.8. The summed E-state index contributed by atoms with van der Waals surface area (Å²) in [4.78, 5) is 0. The van der Waals surface area contributed by atoms with E-state index < -0.39 is 0 Å². The van der Waals surface area contributed by atoms with E-state index in [-0.39, 0.29) is 5.41 Å². The Morgan fingerprint density at radius 1 is 0.939 bits per heavy atom. The molecule has 1 atom stereocenters. The van der Waals surface area contributed by atoms with Crippen molar-refractivity contribution in [3.8, 4) is 11.1 Å². The van der Waals surface area contributed by atoms with Crippen molar-refractivity contribution in [1.82, 2.24) is 0 Å². The largest absolute Gasteiger partial charge is 0.402 e. The number of fused-ring (bicyclic) bond motifs is 3. The summed E-state index contributed by atoms with van der Waals surface area (Å²) in [6.07, 6.45) is 14.1. The number of allylic oxidation sites excluding steroid dienone is 8. The van der Waals surface area contributed by atoms with Gasteiger partial charge in [-0.1, -0.05) is 110 Å². The van der Waals surface area contributed by atoms with Gasteiger partial charge < -0.3 is 5.73 Å². The van der Waals surface area contributed by atoms with Gasteiger partial charge in [0.15, 0.2) is 0 Å². The van der Waals surface area contributed by atoms with E-state index in [1.165, 1.54) is 39.0 Å². The van der Waals surface area contributed by atoms with Crippen LogP contribution in [-0.4, -0.2) is 0 Å². The topological polar surface area (TPSA) is 26.0 Å². The first-order valence-corrected chi connectivity index (χ1v) is 12.0. The van der Waals surface area contributed by atoms with Gasteiger partial charge in [0.1, 0.15) is 0 Å². The van der Waals surface area contributed by atoms with Gasteiger partial charge in [-0.2, -0.15) is 0 Å². The summed E-state index contributed by atoms with van der Waals surface area (Å²) >= 11 is 0. The molecule has 3 aromatic rings. The fourth-order valence-corrected chi connectivity index (χ4v) is 5.54. The van der Waals surface area contributed by atoms with Crippen LogP contribution in [0.25, 0.3) is 16.7 Å². The molecule has 0 aromatic heterocycles. The van der Waals surface area contributed by atoms with Crippen LogP contribution in [0, 0.1) is 0 Å². The molecule has 0 amide bonds. The molecule has 1 nitrogen and oxygen atoms in total. The molecule has 33 heavy (non-hydrogen) atoms. The van der Waals surface area contributed by atoms with Gasteiger partial charge in [-0.05, 0) is 65.6 Å². The summed E-state index contributed by atoms with van der Waals surface area (Å²) in [6.45, 7) is 4.45. The molecule has 2 N–H and O–H groups in total. The fraction of sp³-hybridized carbons (Fsp3) is 0.188. The maximum atomic E-state index is 6.47. The minimum Gasteiger partial charge on any atom is -0.402 e. The Hall–Kier alpha value is -3.58. The van der Waals surface area contributed by atoms with Crippen molar-refractivity contribution in [1.29, 1.82) is 0 Å². The van der Waals surface area contributed by atoms with Gasteiger partial charge in [-0.3, -0.25) is 0 Å². The SMILES string of the molecule is CC/C=C\C=C(/C)C1(c2ccccc2)c2ccccc2-c2ccc(C3=C(N)CCC=C3)cc21. The van der Waals surface area contributed by atoms with Crippen molar-refractivity contribution >= 4 is 5.57 Å². The Morgan fingerprint density at radius 2 is 1.70 bits per heavy atom. The first kappa shape index (κ1) is 21.3. The maximum Gasteiger partial charge on any atom is 0.0674 e. The highest BCUT2D eigenvalue weighted by atomic mass is 14.6. The number of nitrogens with two attached hydrogens (primary N) is 1. The summed E-state index contributed by atoms with van der Waals surface area (Å²) in [5, 5.41) is 0. The summed E-state index contributed by atoms with van der Waals surface area (Å²) < 4.78 is 0. The lowest BCUT2D eigenvalue weighted by molar-refractivity contribution is 0.746. The zero-order valence-corrected chi connectivity index (χ0v) is 19.5. The fourth-order valence-electron chi connectivity index (χ4n) is 5.54. The smallest absolute Gasteiger partial charge is 0.0674 e. The molecule has 0 fully saturated rings. The minimum absolute atomic E-state index is 0.338. The average molecular weight is 430 g/mol. The van der Waals surface area contributed by atoms with Gasteiger partial charge in [-0.15, -0.1) is 0 Å². The monoisotopic (exact) mass is 429 g/mol. The van der Waals surface area contributed by atoms with Crippen LogP contribution >= 0.6 is 0 Å². The van der Waals surface area contributed by atoms with Crippen molar-refractivity contribution in [2.75, 3.05) is 0 Å². The predicted molar refractivity (Wildman–Crippen MR) is 141 cm³/mol. The van der Waals surface area contributed by atoms with E-state index >= 15 is 0 Å². The van der Waals surface area contributed by atoms with E-state index in [0.717, 1.165) is 30.5 Å². The first-order chi connectivity index (χ1) is 16.2. The third-order valence-electron chi connectivity index (χ3n) is 7.08. The molecule has 164 valence electrons. The molecule has 1 unspecified atom stereocenters. The summed E-state index contributed by atoms with van der Waals surface area (Å²) in [5.74, 6) is 0. The molecule has 0 radical (unpaired) electrons. The maximum absolute atomic E-state index is 6.47. The molecule has 0 saturated carbocycles. The molecule has 0 spiro atoms. The Morgan fingerprint density at radius 3 is 2.48 bits per heavy atom. The number of hydrogen-bond acceptors (Lipinski definition) is 1. The van der Waals surface area contributed by atoms with Crippen LogP contribution in [0.1, 0.15) is 55.4 Å². The van der Waals surface area contributed by atoms with Crippen LogP contribution in [0.3, 0.4) is 0 Å². The molecule has 0 saturated heterocycles. The average Bonchev–Trinajstić information content (AvgIpc) is 3.15. The highest BCUT2D eigenvalue weighted by molar-refractivity contribution is 5.88. The molecule has 2 aliphatic carbocycles. The van der Waals surface area contributed by atoms with Crippen LogP contribution in [0.15, 0.2) is 114 Å². The molecule has 3 aromatic carbocycles. The molecular weight excluding hydrogens is 398 g/mol. The molecule has 0 bridgehead atoms. The predicted octanol–water partition coefficient (Wildman–Crippen LogP) is 7.93. The normalized spacial score (nSPS) is 19.8. The van der Waals surface area contributed by atoms with Crippen LogP contribution in [0.2, 0.25) is 0 Å². The van der Waals surface area contributed by atoms with Crippen molar-refractivity contribution < 1.29 is 0 Å². The van der Waals surface area contributed by atoms with Crippen molar-refractivity contribution in [3.05, 3.63) is 137 Å². The molecule has 1 heteroatoms. The lowest BCUT2D eigenvalue weighted by Crippen LogP contribution is -2.28. The third-order valence-corrected chi connectivity index (χ3v) is 7.08. The molecular formula is C32H31N. The quantitative estimate of drug-likeness (QED) is 0.409. The lowest BCUT2D eigenvalue weighted by atomic mass is 9.67. The van der Waals surface area contributed by atoms with Gasteiger partial charge in [0.25, 0.3) is 0 Å². The minimum atomic E-state index is -0.338. The van der Waals surface area contributed by atoms with E-state index in [4.69, 9.17) is 5.73 Å². The van der Waals surface area contributed by atoms with E-state index in [2.05, 4.69) is 117 Å². The van der Waals surface area contributed by atoms with Crippen molar-refractivity contribution in [2.45, 2.75) is 38.5 Å². The Bertz CT molecular complexity index is 1300. The summed E-state index contributed by atoms with van der Waals surface area (Å²) in [6, 6.07) is 26.8. The Labute approximate surface area is 197 Å². The van der Waals surface area contributed by atoms with Crippen molar-refractivity contribution in [3.63, 3.8) is 0 Å². The molecule has 5 rings (SSSR count). The lowest BCUT2D eigenvalue weighted by Gasteiger charge is -2.34. The van der Waals surface area contributed by atoms with Crippen LogP contribution in [0.5, 0.6) is 0 Å². The first-order valence-electron chi connectivity index (χ1n) is 12.0. The Kier molecular flexibility index (Phi) is 5.64. The van der Waals surface area contributed by atoms with E-state index in [1.807, 2.05) is 0 Å². The highest BCUT2D eigenvalue weighted by Gasteiger charge is 2.45. The molecule has 2 aliphatic rings. The standard InChI is InChI=1S/C32H31N/c1-3-4-6-13-23(2)32(25-14-7-5-8-15-25)29-18-11-9-17-27(29)28-21-20-24(22-30(28)32)26-16-10-12-19-31(26)33/h4-11,13-18,20-22H,3,12,19,33H2,1-2H3/b6-4-,23-13+. The summed E-state index contributed by atoms with van der Waals surface area (Å²) in [7, 11) is 0. The number of benzene rings is 3. The van der Waals surface area contributed by atoms with Crippen LogP contribution in [-0.2, 0) is 5.41 Å². The van der Waals surface area contributed by atoms with Crippen LogP contribution in [0.4, 0.5) is 0 Å². The van der Waals surface area contributed by atoms with Gasteiger partial charge >= 0.3 is 0 Å². The highest BCUT2D eigenvalue weighted by Crippen LogP contribution is 2.56. The van der Waals surface area contributed by atoms with E-state index in [9.17, 15) is 0 Å². The van der Waals surface area contributed by atoms with E-state index in [0.29, 0.717) is 0 Å². The Balaban J connectivity index is 1.85.